The van der Waals surface area contributed by atoms with E-state index in [-0.39, 0.29) is 19.1 Å². The molecule has 0 fully saturated rings. The average molecular weight is 511 g/mol. The maximum atomic E-state index is 12.7. The molecule has 36 heavy (non-hydrogen) atoms. The molecule has 0 spiro atoms. The molecule has 4 N–H and O–H groups in total. The van der Waals surface area contributed by atoms with Crippen LogP contribution in [0, 0.1) is 5.92 Å². The van der Waals surface area contributed by atoms with Crippen LogP contribution in [-0.2, 0) is 30.6 Å². The van der Waals surface area contributed by atoms with Crippen LogP contribution in [0.4, 0.5) is 13.2 Å². The first-order valence-electron chi connectivity index (χ1n) is 11.2. The van der Waals surface area contributed by atoms with Gasteiger partial charge in [-0.3, -0.25) is 24.0 Å². The van der Waals surface area contributed by atoms with Crippen LogP contribution in [0.1, 0.15) is 32.8 Å². The van der Waals surface area contributed by atoms with Gasteiger partial charge in [-0.05, 0) is 29.2 Å². The number of nitrogens with one attached hydrogen (secondary N) is 4. The molecular weight excluding hydrogens is 481 g/mol. The highest BCUT2D eigenvalue weighted by atomic mass is 19.4. The minimum absolute atomic E-state index is 0.0579. The van der Waals surface area contributed by atoms with Crippen molar-refractivity contribution in [3.63, 3.8) is 0 Å². The highest BCUT2D eigenvalue weighted by molar-refractivity contribution is 5.95. The van der Waals surface area contributed by atoms with Crippen molar-refractivity contribution in [1.29, 1.82) is 0 Å². The van der Waals surface area contributed by atoms with Gasteiger partial charge in [0, 0.05) is 6.54 Å². The van der Waals surface area contributed by atoms with E-state index in [1.807, 2.05) is 47.9 Å². The fourth-order valence-electron chi connectivity index (χ4n) is 3.13. The van der Waals surface area contributed by atoms with Crippen molar-refractivity contribution in [1.82, 2.24) is 21.4 Å². The molecular formula is C24H29F3N4O5. The summed E-state index contributed by atoms with van der Waals surface area (Å²) in [5.74, 6) is -5.01. The van der Waals surface area contributed by atoms with E-state index in [0.29, 0.717) is 0 Å². The second kappa shape index (κ2) is 12.9. The number of carbonyl (C=O) groups excluding carboxylic acids is 4. The van der Waals surface area contributed by atoms with Crippen molar-refractivity contribution < 1.29 is 37.2 Å². The normalized spacial score (nSPS) is 13.1. The van der Waals surface area contributed by atoms with Crippen molar-refractivity contribution in [3.8, 4) is 0 Å². The highest BCUT2D eigenvalue weighted by Crippen LogP contribution is 2.18. The van der Waals surface area contributed by atoms with Gasteiger partial charge in [0.25, 0.3) is 0 Å². The Bertz CT molecular complexity index is 1090. The maximum Gasteiger partial charge on any atom is 0.471 e. The van der Waals surface area contributed by atoms with Gasteiger partial charge in [-0.15, -0.1) is 0 Å². The predicted octanol–water partition coefficient (Wildman–Crippen LogP) is 2.10. The van der Waals surface area contributed by atoms with Gasteiger partial charge in [0.15, 0.2) is 0 Å². The molecule has 2 aromatic carbocycles. The predicted molar refractivity (Wildman–Crippen MR) is 125 cm³/mol. The minimum atomic E-state index is -5.27. The number of hydroxylamine groups is 1. The van der Waals surface area contributed by atoms with E-state index < -0.39 is 48.3 Å². The summed E-state index contributed by atoms with van der Waals surface area (Å²) in [6.07, 6.45) is -6.11. The smallest absolute Gasteiger partial charge is 0.350 e. The molecule has 0 radical (unpaired) electrons. The van der Waals surface area contributed by atoms with Crippen LogP contribution in [-0.4, -0.2) is 48.5 Å². The lowest BCUT2D eigenvalue weighted by Gasteiger charge is -2.21. The zero-order chi connectivity index (χ0) is 26.9. The summed E-state index contributed by atoms with van der Waals surface area (Å²) in [5.41, 5.74) is 2.84. The molecule has 2 rings (SSSR count). The number of hydrogen-bond donors (Lipinski definition) is 4. The zero-order valence-electron chi connectivity index (χ0n) is 20.1. The lowest BCUT2D eigenvalue weighted by molar-refractivity contribution is -0.175. The summed E-state index contributed by atoms with van der Waals surface area (Å²) in [4.78, 5) is 53.4. The molecule has 0 aliphatic rings. The van der Waals surface area contributed by atoms with E-state index in [1.54, 1.807) is 13.8 Å². The van der Waals surface area contributed by atoms with Crippen LogP contribution in [0.25, 0.3) is 10.8 Å². The molecule has 2 atom stereocenters. The fourth-order valence-corrected chi connectivity index (χ4v) is 3.13. The summed E-state index contributed by atoms with van der Waals surface area (Å²) >= 11 is 0. The number of halogens is 3. The zero-order valence-corrected chi connectivity index (χ0v) is 20.1. The van der Waals surface area contributed by atoms with E-state index in [9.17, 15) is 32.3 Å². The van der Waals surface area contributed by atoms with Gasteiger partial charge in [-0.2, -0.15) is 13.2 Å². The van der Waals surface area contributed by atoms with E-state index in [1.165, 1.54) is 12.2 Å². The summed E-state index contributed by atoms with van der Waals surface area (Å²) in [7, 11) is 0. The first-order valence-corrected chi connectivity index (χ1v) is 11.2. The summed E-state index contributed by atoms with van der Waals surface area (Å²) < 4.78 is 38.2. The SMILES string of the molecule is CC(C)CONC(=O)C[C@H](NC(=O)C(F)(F)F)C(=O)N[C@@H](C)C(=O)NCc1cccc2ccccc12. The molecule has 0 saturated carbocycles. The molecule has 0 saturated heterocycles. The molecule has 0 bridgehead atoms. The van der Waals surface area contributed by atoms with Crippen LogP contribution < -0.4 is 21.4 Å². The molecule has 0 aliphatic carbocycles. The molecule has 196 valence electrons. The van der Waals surface area contributed by atoms with Gasteiger partial charge in [0.2, 0.25) is 17.7 Å². The molecule has 12 heteroatoms. The van der Waals surface area contributed by atoms with E-state index >= 15 is 0 Å². The standard InChI is InChI=1S/C24H29F3N4O5/c1-14(2)13-36-31-20(32)11-19(30-23(35)24(25,26)27)22(34)29-15(3)21(33)28-12-17-9-6-8-16-7-4-5-10-18(16)17/h4-10,14-15,19H,11-13H2,1-3H3,(H,28,33)(H,29,34)(H,30,35)(H,31,32)/t15-,19-/m0/s1. The van der Waals surface area contributed by atoms with Crippen LogP contribution in [0.5, 0.6) is 0 Å². The Hall–Kier alpha value is -3.67. The Kier molecular flexibility index (Phi) is 10.2. The Morgan fingerprint density at radius 1 is 0.917 bits per heavy atom. The van der Waals surface area contributed by atoms with E-state index in [2.05, 4.69) is 10.6 Å². The number of carbonyl (C=O) groups is 4. The molecule has 0 unspecified atom stereocenters. The van der Waals surface area contributed by atoms with Gasteiger partial charge in [0.1, 0.15) is 12.1 Å². The largest absolute Gasteiger partial charge is 0.471 e. The second-order valence-electron chi connectivity index (χ2n) is 8.54. The van der Waals surface area contributed by atoms with Crippen molar-refractivity contribution >= 4 is 34.4 Å². The Morgan fingerprint density at radius 3 is 2.25 bits per heavy atom. The third-order valence-electron chi connectivity index (χ3n) is 4.96. The molecule has 9 nitrogen and oxygen atoms in total. The van der Waals surface area contributed by atoms with Crippen molar-refractivity contribution in [2.45, 2.75) is 52.0 Å². The molecule has 4 amide bonds. The third kappa shape index (κ3) is 8.84. The Balaban J connectivity index is 2.00. The minimum Gasteiger partial charge on any atom is -0.350 e. The van der Waals surface area contributed by atoms with E-state index in [4.69, 9.17) is 4.84 Å². The van der Waals surface area contributed by atoms with Gasteiger partial charge in [0.05, 0.1) is 13.0 Å². The van der Waals surface area contributed by atoms with Crippen LogP contribution in [0.2, 0.25) is 0 Å². The fraction of sp³-hybridized carbons (Fsp3) is 0.417. The third-order valence-corrected chi connectivity index (χ3v) is 4.96. The summed E-state index contributed by atoms with van der Waals surface area (Å²) in [5, 5.41) is 8.28. The molecule has 2 aromatic rings. The summed E-state index contributed by atoms with van der Waals surface area (Å²) in [6.45, 7) is 5.21. The average Bonchev–Trinajstić information content (AvgIpc) is 2.80. The number of amides is 4. The molecule has 0 heterocycles. The van der Waals surface area contributed by atoms with Crippen LogP contribution in [0.15, 0.2) is 42.5 Å². The quantitative estimate of drug-likeness (QED) is 0.345. The number of hydrogen-bond acceptors (Lipinski definition) is 5. The van der Waals surface area contributed by atoms with Gasteiger partial charge in [-0.1, -0.05) is 56.3 Å². The number of benzene rings is 2. The van der Waals surface area contributed by atoms with Crippen molar-refractivity contribution in [3.05, 3.63) is 48.0 Å². The molecule has 0 aliphatic heterocycles. The monoisotopic (exact) mass is 510 g/mol. The van der Waals surface area contributed by atoms with Gasteiger partial charge < -0.3 is 16.0 Å². The lowest BCUT2D eigenvalue weighted by atomic mass is 10.0. The number of rotatable bonds is 11. The van der Waals surface area contributed by atoms with Crippen LogP contribution >= 0.6 is 0 Å². The van der Waals surface area contributed by atoms with Crippen molar-refractivity contribution in [2.75, 3.05) is 6.61 Å². The maximum absolute atomic E-state index is 12.7. The Labute approximate surface area is 206 Å². The van der Waals surface area contributed by atoms with Gasteiger partial charge >= 0.3 is 12.1 Å². The number of fused-ring (bicyclic) bond motifs is 1. The summed E-state index contributed by atoms with van der Waals surface area (Å²) in [6, 6.07) is 10.1. The molecule has 0 aromatic heterocycles. The van der Waals surface area contributed by atoms with Crippen LogP contribution in [0.3, 0.4) is 0 Å². The van der Waals surface area contributed by atoms with Gasteiger partial charge in [-0.25, -0.2) is 5.48 Å². The number of alkyl halides is 3. The lowest BCUT2D eigenvalue weighted by Crippen LogP contribution is -2.55. The topological polar surface area (TPSA) is 126 Å². The highest BCUT2D eigenvalue weighted by Gasteiger charge is 2.41. The first-order chi connectivity index (χ1) is 16.9. The first kappa shape index (κ1) is 28.6. The Morgan fingerprint density at radius 2 is 1.58 bits per heavy atom. The second-order valence-corrected chi connectivity index (χ2v) is 8.54. The van der Waals surface area contributed by atoms with Crippen molar-refractivity contribution in [2.24, 2.45) is 5.92 Å². The van der Waals surface area contributed by atoms with E-state index in [0.717, 1.165) is 16.3 Å².